The number of halogens is 3. The summed E-state index contributed by atoms with van der Waals surface area (Å²) in [4.78, 5) is 0. The van der Waals surface area contributed by atoms with E-state index >= 15 is 0 Å². The molecule has 0 aromatic heterocycles. The molecular weight excluding hydrogens is 297 g/mol. The van der Waals surface area contributed by atoms with Crippen LogP contribution >= 0.6 is 0 Å². The van der Waals surface area contributed by atoms with Crippen LogP contribution in [0, 0.1) is 29.4 Å². The molecule has 0 spiro atoms. The summed E-state index contributed by atoms with van der Waals surface area (Å²) in [6.45, 7) is 0. The molecule has 2 aliphatic rings. The first kappa shape index (κ1) is 16.6. The third-order valence-corrected chi connectivity index (χ3v) is 6.01. The largest absolute Gasteiger partial charge is 0.216 e. The Balaban J connectivity index is 1.51. The van der Waals surface area contributed by atoms with Crippen molar-refractivity contribution >= 4 is 0 Å². The van der Waals surface area contributed by atoms with Crippen LogP contribution < -0.4 is 0 Å². The van der Waals surface area contributed by atoms with Crippen molar-refractivity contribution in [1.29, 1.82) is 0 Å². The summed E-state index contributed by atoms with van der Waals surface area (Å²) in [6.07, 6.45) is 11.5. The number of allylic oxidation sites excluding steroid dienone is 1. The van der Waals surface area contributed by atoms with E-state index in [0.29, 0.717) is 18.2 Å². The highest BCUT2D eigenvalue weighted by atomic mass is 19.2. The van der Waals surface area contributed by atoms with Crippen LogP contribution in [0.4, 0.5) is 13.2 Å². The second kappa shape index (κ2) is 7.55. The minimum absolute atomic E-state index is 0.368. The van der Waals surface area contributed by atoms with Gasteiger partial charge < -0.3 is 0 Å². The van der Waals surface area contributed by atoms with Crippen molar-refractivity contribution in [2.75, 3.05) is 0 Å². The Morgan fingerprint density at radius 2 is 1.39 bits per heavy atom. The summed E-state index contributed by atoms with van der Waals surface area (Å²) in [5.41, 5.74) is 0.944. The van der Waals surface area contributed by atoms with Crippen molar-refractivity contribution in [3.63, 3.8) is 0 Å². The minimum Gasteiger partial charge on any atom is -0.216 e. The normalized spacial score (nSPS) is 32.3. The summed E-state index contributed by atoms with van der Waals surface area (Å²) >= 11 is 0. The summed E-state index contributed by atoms with van der Waals surface area (Å²) < 4.78 is 38.7. The van der Waals surface area contributed by atoms with Gasteiger partial charge in [-0.05, 0) is 92.7 Å². The highest BCUT2D eigenvalue weighted by Gasteiger charge is 2.31. The highest BCUT2D eigenvalue weighted by molar-refractivity contribution is 5.22. The zero-order chi connectivity index (χ0) is 16.2. The van der Waals surface area contributed by atoms with Gasteiger partial charge in [-0.1, -0.05) is 12.1 Å². The van der Waals surface area contributed by atoms with Crippen LogP contribution in [0.25, 0.3) is 0 Å². The van der Waals surface area contributed by atoms with Gasteiger partial charge in [0.1, 0.15) is 0 Å². The fourth-order valence-electron chi connectivity index (χ4n) is 4.60. The topological polar surface area (TPSA) is 0 Å². The molecule has 0 aliphatic heterocycles. The van der Waals surface area contributed by atoms with Gasteiger partial charge in [-0.2, -0.15) is 0 Å². The third-order valence-electron chi connectivity index (χ3n) is 6.01. The van der Waals surface area contributed by atoms with Gasteiger partial charge in [-0.25, -0.2) is 13.2 Å². The molecule has 23 heavy (non-hydrogen) atoms. The van der Waals surface area contributed by atoms with Crippen LogP contribution in [0.3, 0.4) is 0 Å². The second-order valence-corrected chi connectivity index (χ2v) is 7.28. The zero-order valence-corrected chi connectivity index (χ0v) is 13.5. The van der Waals surface area contributed by atoms with E-state index in [-0.39, 0.29) is 0 Å². The Kier molecular flexibility index (Phi) is 5.45. The Bertz CT molecular complexity index is 536. The fourth-order valence-corrected chi connectivity index (χ4v) is 4.60. The Hall–Kier alpha value is -1.25. The number of benzene rings is 1. The van der Waals surface area contributed by atoms with Crippen molar-refractivity contribution in [2.24, 2.45) is 17.8 Å². The molecule has 126 valence electrons. The first-order valence-electron chi connectivity index (χ1n) is 8.89. The van der Waals surface area contributed by atoms with E-state index in [1.165, 1.54) is 37.8 Å². The zero-order valence-electron chi connectivity index (χ0n) is 13.5. The molecule has 0 unspecified atom stereocenters. The Labute approximate surface area is 136 Å². The lowest BCUT2D eigenvalue weighted by atomic mass is 9.68. The molecule has 1 aromatic rings. The first-order valence-corrected chi connectivity index (χ1v) is 8.89. The average molecular weight is 322 g/mol. The Morgan fingerprint density at radius 3 is 1.96 bits per heavy atom. The van der Waals surface area contributed by atoms with E-state index in [4.69, 9.17) is 0 Å². The monoisotopic (exact) mass is 322 g/mol. The fraction of sp³-hybridized carbons (Fsp3) is 0.600. The minimum atomic E-state index is -0.762. The van der Waals surface area contributed by atoms with Crippen LogP contribution in [-0.4, -0.2) is 0 Å². The maximum atomic E-state index is 13.4. The third kappa shape index (κ3) is 3.99. The van der Waals surface area contributed by atoms with Gasteiger partial charge in [-0.15, -0.1) is 0 Å². The van der Waals surface area contributed by atoms with E-state index in [1.54, 1.807) is 12.1 Å². The van der Waals surface area contributed by atoms with E-state index in [9.17, 15) is 13.2 Å². The van der Waals surface area contributed by atoms with Gasteiger partial charge in [-0.3, -0.25) is 0 Å². The molecule has 1 aromatic carbocycles. The lowest BCUT2D eigenvalue weighted by Crippen LogP contribution is -2.25. The van der Waals surface area contributed by atoms with Crippen LogP contribution in [-0.2, 0) is 0 Å². The molecule has 2 fully saturated rings. The molecule has 0 nitrogen and oxygen atoms in total. The molecule has 3 rings (SSSR count). The van der Waals surface area contributed by atoms with Crippen LogP contribution in [0.15, 0.2) is 30.6 Å². The summed E-state index contributed by atoms with van der Waals surface area (Å²) in [7, 11) is 0. The van der Waals surface area contributed by atoms with Gasteiger partial charge in [0.05, 0.1) is 6.33 Å². The van der Waals surface area contributed by atoms with E-state index < -0.39 is 11.6 Å². The van der Waals surface area contributed by atoms with Gasteiger partial charge in [0.25, 0.3) is 0 Å². The summed E-state index contributed by atoms with van der Waals surface area (Å²) in [5, 5.41) is 0. The quantitative estimate of drug-likeness (QED) is 0.593. The van der Waals surface area contributed by atoms with Crippen molar-refractivity contribution in [2.45, 2.75) is 57.3 Å². The summed E-state index contributed by atoms with van der Waals surface area (Å²) in [6, 6.07) is 4.35. The standard InChI is InChI=1S/C20H25F3/c21-12-11-14-1-3-15(4-2-14)16-5-7-17(8-6-16)18-9-10-19(22)20(23)13-18/h9-17H,1-8H2. The van der Waals surface area contributed by atoms with E-state index in [1.807, 2.05) is 0 Å². The molecule has 0 radical (unpaired) electrons. The molecule has 0 heterocycles. The molecule has 3 heteroatoms. The Morgan fingerprint density at radius 1 is 0.783 bits per heavy atom. The molecule has 0 bridgehead atoms. The molecule has 0 atom stereocenters. The maximum absolute atomic E-state index is 13.4. The molecular formula is C20H25F3. The highest BCUT2D eigenvalue weighted by Crippen LogP contribution is 2.44. The number of hydrogen-bond donors (Lipinski definition) is 0. The van der Waals surface area contributed by atoms with Gasteiger partial charge in [0.2, 0.25) is 0 Å². The predicted molar refractivity (Wildman–Crippen MR) is 86.8 cm³/mol. The van der Waals surface area contributed by atoms with Gasteiger partial charge in [0.15, 0.2) is 11.6 Å². The van der Waals surface area contributed by atoms with E-state index in [0.717, 1.165) is 43.1 Å². The average Bonchev–Trinajstić information content (AvgIpc) is 2.59. The van der Waals surface area contributed by atoms with Crippen molar-refractivity contribution in [3.05, 3.63) is 47.8 Å². The second-order valence-electron chi connectivity index (χ2n) is 7.28. The van der Waals surface area contributed by atoms with Crippen molar-refractivity contribution < 1.29 is 13.2 Å². The van der Waals surface area contributed by atoms with Crippen molar-refractivity contribution in [1.82, 2.24) is 0 Å². The van der Waals surface area contributed by atoms with Crippen LogP contribution in [0.2, 0.25) is 0 Å². The number of rotatable bonds is 3. The molecule has 2 aliphatic carbocycles. The first-order chi connectivity index (χ1) is 11.2. The lowest BCUT2D eigenvalue weighted by molar-refractivity contribution is 0.171. The molecule has 2 saturated carbocycles. The molecule has 0 amide bonds. The van der Waals surface area contributed by atoms with Crippen LogP contribution in [0.1, 0.15) is 62.8 Å². The predicted octanol–water partition coefficient (Wildman–Crippen LogP) is 6.53. The van der Waals surface area contributed by atoms with Gasteiger partial charge >= 0.3 is 0 Å². The maximum Gasteiger partial charge on any atom is 0.159 e. The van der Waals surface area contributed by atoms with Crippen molar-refractivity contribution in [3.8, 4) is 0 Å². The number of hydrogen-bond acceptors (Lipinski definition) is 0. The SMILES string of the molecule is FC=CC1CCC(C2CCC(c3ccc(F)c(F)c3)CC2)CC1. The summed E-state index contributed by atoms with van der Waals surface area (Å²) in [5.74, 6) is 0.823. The van der Waals surface area contributed by atoms with E-state index in [2.05, 4.69) is 0 Å². The molecule has 0 N–H and O–H groups in total. The lowest BCUT2D eigenvalue weighted by Gasteiger charge is -2.37. The molecule has 0 saturated heterocycles. The van der Waals surface area contributed by atoms with Crippen LogP contribution in [0.5, 0.6) is 0 Å². The van der Waals surface area contributed by atoms with Gasteiger partial charge in [0, 0.05) is 0 Å². The smallest absolute Gasteiger partial charge is 0.159 e.